The summed E-state index contributed by atoms with van der Waals surface area (Å²) in [5, 5.41) is 3.20. The van der Waals surface area contributed by atoms with Crippen LogP contribution in [0.5, 0.6) is 0 Å². The van der Waals surface area contributed by atoms with E-state index in [2.05, 4.69) is 38.2 Å². The van der Waals surface area contributed by atoms with Crippen LogP contribution in [0.3, 0.4) is 0 Å². The molecule has 6 heteroatoms. The Labute approximate surface area is 154 Å². The zero-order valence-electron chi connectivity index (χ0n) is 15.0. The van der Waals surface area contributed by atoms with Gasteiger partial charge in [0.15, 0.2) is 0 Å². The summed E-state index contributed by atoms with van der Waals surface area (Å²) in [4.78, 5) is 14.7. The molecule has 0 aliphatic heterocycles. The molecule has 0 radical (unpaired) electrons. The Morgan fingerprint density at radius 1 is 1.17 bits per heavy atom. The minimum Gasteiger partial charge on any atom is -0.355 e. The van der Waals surface area contributed by atoms with Crippen molar-refractivity contribution in [3.63, 3.8) is 0 Å². The molecule has 0 aromatic carbocycles. The molecule has 2 bridgehead atoms. The number of carbonyl (C=O) groups excluding carboxylic acids is 1. The molecule has 2 unspecified atom stereocenters. The lowest BCUT2D eigenvalue weighted by atomic mass is 9.65. The lowest BCUT2D eigenvalue weighted by Crippen LogP contribution is -2.50. The molecule has 4 nitrogen and oxygen atoms in total. The molecule has 0 aromatic rings. The minimum absolute atomic E-state index is 0. The van der Waals surface area contributed by atoms with Crippen LogP contribution in [0.4, 0.5) is 0 Å². The first-order valence-corrected chi connectivity index (χ1v) is 8.46. The van der Waals surface area contributed by atoms with E-state index in [1.165, 1.54) is 19.3 Å². The van der Waals surface area contributed by atoms with Gasteiger partial charge in [-0.1, -0.05) is 20.3 Å². The molecular weight excluding hydrogens is 333 g/mol. The lowest BCUT2D eigenvalue weighted by Gasteiger charge is -2.43. The van der Waals surface area contributed by atoms with Gasteiger partial charge in [0.1, 0.15) is 0 Å². The normalized spacial score (nSPS) is 30.2. The zero-order valence-corrected chi connectivity index (χ0v) is 16.6. The number of fused-ring (bicyclic) bond motifs is 2. The van der Waals surface area contributed by atoms with Gasteiger partial charge in [-0.3, -0.25) is 4.79 Å². The lowest BCUT2D eigenvalue weighted by molar-refractivity contribution is -0.128. The van der Waals surface area contributed by atoms with Gasteiger partial charge in [0.25, 0.3) is 0 Å². The van der Waals surface area contributed by atoms with Gasteiger partial charge < -0.3 is 16.0 Å². The van der Waals surface area contributed by atoms with Crippen LogP contribution in [0.25, 0.3) is 0 Å². The fraction of sp³-hybridized carbons (Fsp3) is 0.941. The van der Waals surface area contributed by atoms with Gasteiger partial charge in [0.05, 0.1) is 0 Å². The maximum absolute atomic E-state index is 12.5. The fourth-order valence-electron chi connectivity index (χ4n) is 4.39. The van der Waals surface area contributed by atoms with Gasteiger partial charge in [-0.05, 0) is 57.0 Å². The Morgan fingerprint density at radius 3 is 2.17 bits per heavy atom. The molecule has 138 valence electrons. The number of halogens is 2. The van der Waals surface area contributed by atoms with E-state index in [9.17, 15) is 4.79 Å². The molecule has 0 spiro atoms. The van der Waals surface area contributed by atoms with Crippen molar-refractivity contribution in [1.29, 1.82) is 0 Å². The second-order valence-corrected chi connectivity index (χ2v) is 8.32. The number of amides is 1. The largest absolute Gasteiger partial charge is 0.355 e. The molecule has 2 aliphatic rings. The number of carbonyl (C=O) groups is 1. The molecule has 1 amide bonds. The molecule has 3 N–H and O–H groups in total. The quantitative estimate of drug-likeness (QED) is 0.785. The minimum atomic E-state index is 0. The Morgan fingerprint density at radius 2 is 1.70 bits per heavy atom. The first kappa shape index (κ1) is 23.0. The Balaban J connectivity index is 0.00000242. The molecule has 2 fully saturated rings. The third kappa shape index (κ3) is 6.41. The molecule has 23 heavy (non-hydrogen) atoms. The first-order valence-electron chi connectivity index (χ1n) is 8.46. The fourth-order valence-corrected chi connectivity index (χ4v) is 4.39. The summed E-state index contributed by atoms with van der Waals surface area (Å²) in [7, 11) is 4.15. The van der Waals surface area contributed by atoms with Gasteiger partial charge in [0.2, 0.25) is 5.91 Å². The molecule has 0 aromatic heterocycles. The Kier molecular flexibility index (Phi) is 9.44. The van der Waals surface area contributed by atoms with E-state index in [0.29, 0.717) is 17.9 Å². The summed E-state index contributed by atoms with van der Waals surface area (Å²) in [6.45, 7) is 6.15. The van der Waals surface area contributed by atoms with Crippen molar-refractivity contribution in [2.24, 2.45) is 28.9 Å². The maximum atomic E-state index is 12.5. The highest BCUT2D eigenvalue weighted by Crippen LogP contribution is 2.41. The van der Waals surface area contributed by atoms with Crippen LogP contribution < -0.4 is 11.1 Å². The Hall–Kier alpha value is -0.0300. The molecule has 0 heterocycles. The van der Waals surface area contributed by atoms with Gasteiger partial charge >= 0.3 is 0 Å². The van der Waals surface area contributed by atoms with E-state index in [-0.39, 0.29) is 42.1 Å². The van der Waals surface area contributed by atoms with Gasteiger partial charge in [-0.2, -0.15) is 0 Å². The van der Waals surface area contributed by atoms with Crippen LogP contribution in [0.1, 0.15) is 46.0 Å². The van der Waals surface area contributed by atoms with Gasteiger partial charge in [-0.25, -0.2) is 0 Å². The number of nitrogens with one attached hydrogen (secondary N) is 1. The van der Waals surface area contributed by atoms with E-state index in [1.54, 1.807) is 0 Å². The third-order valence-corrected chi connectivity index (χ3v) is 5.27. The SMILES string of the molecule is CN(C)CC(C)(C)CNC(=O)C1CC2CCCC(C1)C2N.Cl.Cl. The monoisotopic (exact) mass is 367 g/mol. The van der Waals surface area contributed by atoms with Crippen molar-refractivity contribution < 1.29 is 4.79 Å². The van der Waals surface area contributed by atoms with Crippen molar-refractivity contribution in [2.45, 2.75) is 52.0 Å². The number of hydrogen-bond donors (Lipinski definition) is 2. The number of nitrogens with two attached hydrogens (primary N) is 1. The van der Waals surface area contributed by atoms with Crippen LogP contribution in [-0.4, -0.2) is 44.0 Å². The van der Waals surface area contributed by atoms with Crippen LogP contribution in [-0.2, 0) is 4.79 Å². The van der Waals surface area contributed by atoms with Gasteiger partial charge in [0, 0.05) is 25.0 Å². The molecule has 2 atom stereocenters. The average molecular weight is 368 g/mol. The van der Waals surface area contributed by atoms with Crippen LogP contribution >= 0.6 is 24.8 Å². The van der Waals surface area contributed by atoms with Crippen LogP contribution in [0, 0.1) is 23.2 Å². The van der Waals surface area contributed by atoms with Crippen LogP contribution in [0.15, 0.2) is 0 Å². The molecule has 2 rings (SSSR count). The summed E-state index contributed by atoms with van der Waals surface area (Å²) in [5.74, 6) is 1.59. The number of hydrogen-bond acceptors (Lipinski definition) is 3. The molecular formula is C17H35Cl2N3O. The predicted octanol–water partition coefficient (Wildman–Crippen LogP) is 2.69. The summed E-state index contributed by atoms with van der Waals surface area (Å²) in [5.41, 5.74) is 6.42. The van der Waals surface area contributed by atoms with Crippen molar-refractivity contribution in [3.05, 3.63) is 0 Å². The van der Waals surface area contributed by atoms with Crippen LogP contribution in [0.2, 0.25) is 0 Å². The second kappa shape index (κ2) is 9.45. The smallest absolute Gasteiger partial charge is 0.223 e. The highest BCUT2D eigenvalue weighted by atomic mass is 35.5. The third-order valence-electron chi connectivity index (χ3n) is 5.27. The first-order chi connectivity index (χ1) is 9.78. The van der Waals surface area contributed by atoms with E-state index in [1.807, 2.05) is 0 Å². The summed E-state index contributed by atoms with van der Waals surface area (Å²) in [6.07, 6.45) is 5.73. The molecule has 2 aliphatic carbocycles. The number of rotatable bonds is 5. The summed E-state index contributed by atoms with van der Waals surface area (Å²) in [6, 6.07) is 0.341. The standard InChI is InChI=1S/C17H33N3O.2ClH/c1-17(2,11-20(3)4)10-19-16(21)14-8-12-6-5-7-13(9-14)15(12)18;;/h12-15H,5-11,18H2,1-4H3,(H,19,21);2*1H. The average Bonchev–Trinajstić information content (AvgIpc) is 2.34. The van der Waals surface area contributed by atoms with Crippen molar-refractivity contribution in [3.8, 4) is 0 Å². The highest BCUT2D eigenvalue weighted by molar-refractivity contribution is 5.85. The van der Waals surface area contributed by atoms with E-state index >= 15 is 0 Å². The van der Waals surface area contributed by atoms with E-state index < -0.39 is 0 Å². The number of nitrogens with zero attached hydrogens (tertiary/aromatic N) is 1. The topological polar surface area (TPSA) is 58.4 Å². The van der Waals surface area contributed by atoms with Crippen molar-refractivity contribution >= 4 is 30.7 Å². The van der Waals surface area contributed by atoms with E-state index in [4.69, 9.17) is 5.73 Å². The van der Waals surface area contributed by atoms with Gasteiger partial charge in [-0.15, -0.1) is 24.8 Å². The zero-order chi connectivity index (χ0) is 15.6. The summed E-state index contributed by atoms with van der Waals surface area (Å²) >= 11 is 0. The Bertz CT molecular complexity index is 363. The summed E-state index contributed by atoms with van der Waals surface area (Å²) < 4.78 is 0. The molecule has 0 saturated heterocycles. The van der Waals surface area contributed by atoms with Crippen molar-refractivity contribution in [1.82, 2.24) is 10.2 Å². The highest BCUT2D eigenvalue weighted by Gasteiger charge is 2.40. The second-order valence-electron chi connectivity index (χ2n) is 8.32. The molecule has 2 saturated carbocycles. The van der Waals surface area contributed by atoms with E-state index in [0.717, 1.165) is 25.9 Å². The maximum Gasteiger partial charge on any atom is 0.223 e. The van der Waals surface area contributed by atoms with Crippen molar-refractivity contribution in [2.75, 3.05) is 27.2 Å². The predicted molar refractivity (Wildman–Crippen MR) is 101 cm³/mol.